The van der Waals surface area contributed by atoms with Crippen LogP contribution >= 0.6 is 27.5 Å². The van der Waals surface area contributed by atoms with Gasteiger partial charge < -0.3 is 14.8 Å². The van der Waals surface area contributed by atoms with Crippen LogP contribution in [0.5, 0.6) is 0 Å². The van der Waals surface area contributed by atoms with Crippen LogP contribution in [0.3, 0.4) is 0 Å². The molecule has 1 rings (SSSR count). The van der Waals surface area contributed by atoms with Gasteiger partial charge in [0.15, 0.2) is 5.54 Å². The fourth-order valence-corrected chi connectivity index (χ4v) is 2.11. The molecule has 1 aromatic rings. The SMILES string of the molecule is CCOC(=O)C(C)(COC)Nc1ccc(Cl)c(Br)c1. The van der Waals surface area contributed by atoms with Crippen LogP contribution < -0.4 is 5.32 Å². The number of anilines is 1. The van der Waals surface area contributed by atoms with E-state index in [4.69, 9.17) is 21.1 Å². The third kappa shape index (κ3) is 4.37. The first-order chi connectivity index (χ1) is 8.92. The molecule has 0 spiro atoms. The minimum absolute atomic E-state index is 0.200. The summed E-state index contributed by atoms with van der Waals surface area (Å²) in [6, 6.07) is 5.34. The highest BCUT2D eigenvalue weighted by atomic mass is 79.9. The highest BCUT2D eigenvalue weighted by Gasteiger charge is 2.35. The molecule has 19 heavy (non-hydrogen) atoms. The van der Waals surface area contributed by atoms with Crippen molar-refractivity contribution in [1.82, 2.24) is 0 Å². The molecular weight excluding hydrogens is 334 g/mol. The molecule has 0 aliphatic rings. The van der Waals surface area contributed by atoms with Gasteiger partial charge in [0.05, 0.1) is 18.2 Å². The molecule has 106 valence electrons. The van der Waals surface area contributed by atoms with Crippen LogP contribution in [0, 0.1) is 0 Å². The van der Waals surface area contributed by atoms with Gasteiger partial charge >= 0.3 is 5.97 Å². The zero-order valence-electron chi connectivity index (χ0n) is 11.1. The van der Waals surface area contributed by atoms with Gasteiger partial charge in [0.1, 0.15) is 0 Å². The molecule has 1 aromatic carbocycles. The first-order valence-electron chi connectivity index (χ1n) is 5.82. The van der Waals surface area contributed by atoms with Crippen molar-refractivity contribution < 1.29 is 14.3 Å². The van der Waals surface area contributed by atoms with Crippen LogP contribution in [0.2, 0.25) is 5.02 Å². The Morgan fingerprint density at radius 1 is 1.53 bits per heavy atom. The largest absolute Gasteiger partial charge is 0.464 e. The lowest BCUT2D eigenvalue weighted by Gasteiger charge is -2.28. The smallest absolute Gasteiger partial charge is 0.333 e. The first-order valence-corrected chi connectivity index (χ1v) is 6.99. The van der Waals surface area contributed by atoms with Crippen molar-refractivity contribution in [3.05, 3.63) is 27.7 Å². The lowest BCUT2D eigenvalue weighted by molar-refractivity contribution is -0.149. The predicted molar refractivity (Wildman–Crippen MR) is 79.7 cm³/mol. The van der Waals surface area contributed by atoms with Crippen LogP contribution in [-0.4, -0.2) is 31.8 Å². The molecular formula is C13H17BrClNO3. The molecule has 0 fully saturated rings. The van der Waals surface area contributed by atoms with E-state index in [9.17, 15) is 4.79 Å². The summed E-state index contributed by atoms with van der Waals surface area (Å²) in [5, 5.41) is 3.73. The quantitative estimate of drug-likeness (QED) is 0.798. The van der Waals surface area contributed by atoms with Gasteiger partial charge in [0.25, 0.3) is 0 Å². The molecule has 0 aliphatic heterocycles. The van der Waals surface area contributed by atoms with E-state index in [2.05, 4.69) is 21.2 Å². The van der Waals surface area contributed by atoms with E-state index in [1.165, 1.54) is 7.11 Å². The fourth-order valence-electron chi connectivity index (χ4n) is 1.62. The summed E-state index contributed by atoms with van der Waals surface area (Å²) in [5.41, 5.74) is -0.193. The molecule has 0 aromatic heterocycles. The van der Waals surface area contributed by atoms with E-state index in [1.807, 2.05) is 0 Å². The Bertz CT molecular complexity index is 456. The van der Waals surface area contributed by atoms with Crippen molar-refractivity contribution in [3.8, 4) is 0 Å². The molecule has 1 atom stereocenters. The number of rotatable bonds is 6. The number of esters is 1. The van der Waals surface area contributed by atoms with Gasteiger partial charge in [-0.05, 0) is 48.0 Å². The molecule has 4 nitrogen and oxygen atoms in total. The molecule has 0 amide bonds. The lowest BCUT2D eigenvalue weighted by atomic mass is 10.0. The summed E-state index contributed by atoms with van der Waals surface area (Å²) in [6.45, 7) is 4.03. The minimum Gasteiger partial charge on any atom is -0.464 e. The normalized spacial score (nSPS) is 13.7. The minimum atomic E-state index is -0.946. The number of hydrogen-bond acceptors (Lipinski definition) is 4. The zero-order chi connectivity index (χ0) is 14.5. The Morgan fingerprint density at radius 2 is 2.21 bits per heavy atom. The summed E-state index contributed by atoms with van der Waals surface area (Å²) in [7, 11) is 1.54. The third-order valence-corrected chi connectivity index (χ3v) is 3.71. The molecule has 0 bridgehead atoms. The van der Waals surface area contributed by atoms with Gasteiger partial charge in [-0.1, -0.05) is 11.6 Å². The Morgan fingerprint density at radius 3 is 2.74 bits per heavy atom. The maximum atomic E-state index is 12.0. The molecule has 1 N–H and O–H groups in total. The number of ether oxygens (including phenoxy) is 2. The Hall–Kier alpha value is -0.780. The number of methoxy groups -OCH3 is 1. The van der Waals surface area contributed by atoms with Crippen LogP contribution in [-0.2, 0) is 14.3 Å². The van der Waals surface area contributed by atoms with Crippen molar-refractivity contribution in [2.24, 2.45) is 0 Å². The molecule has 1 unspecified atom stereocenters. The second kappa shape index (κ2) is 7.12. The van der Waals surface area contributed by atoms with Crippen molar-refractivity contribution in [3.63, 3.8) is 0 Å². The number of benzene rings is 1. The average Bonchev–Trinajstić information content (AvgIpc) is 2.34. The van der Waals surface area contributed by atoms with E-state index < -0.39 is 5.54 Å². The molecule has 0 saturated carbocycles. The second-order valence-electron chi connectivity index (χ2n) is 4.24. The van der Waals surface area contributed by atoms with Crippen molar-refractivity contribution >= 4 is 39.2 Å². The molecule has 6 heteroatoms. The molecule has 0 aliphatic carbocycles. The summed E-state index contributed by atoms with van der Waals surface area (Å²) in [5.74, 6) is -0.358. The summed E-state index contributed by atoms with van der Waals surface area (Å²) < 4.78 is 10.9. The Labute approximate surface area is 126 Å². The highest BCUT2D eigenvalue weighted by Crippen LogP contribution is 2.27. The van der Waals surface area contributed by atoms with Gasteiger partial charge in [-0.3, -0.25) is 0 Å². The van der Waals surface area contributed by atoms with E-state index in [0.29, 0.717) is 11.6 Å². The average molecular weight is 351 g/mol. The highest BCUT2D eigenvalue weighted by molar-refractivity contribution is 9.10. The lowest BCUT2D eigenvalue weighted by Crippen LogP contribution is -2.48. The van der Waals surface area contributed by atoms with Gasteiger partial charge in [-0.25, -0.2) is 4.79 Å². The van der Waals surface area contributed by atoms with Crippen LogP contribution in [0.15, 0.2) is 22.7 Å². The number of nitrogens with one attached hydrogen (secondary N) is 1. The molecule has 0 heterocycles. The van der Waals surface area contributed by atoms with E-state index in [-0.39, 0.29) is 12.6 Å². The van der Waals surface area contributed by atoms with Crippen LogP contribution in [0.1, 0.15) is 13.8 Å². The first kappa shape index (κ1) is 16.3. The van der Waals surface area contributed by atoms with Gasteiger partial charge in [0.2, 0.25) is 0 Å². The van der Waals surface area contributed by atoms with Gasteiger partial charge in [-0.15, -0.1) is 0 Å². The molecule has 0 saturated heterocycles. The van der Waals surface area contributed by atoms with Gasteiger partial charge in [0, 0.05) is 17.3 Å². The Balaban J connectivity index is 2.94. The fraction of sp³-hybridized carbons (Fsp3) is 0.462. The van der Waals surface area contributed by atoms with Crippen molar-refractivity contribution in [2.45, 2.75) is 19.4 Å². The second-order valence-corrected chi connectivity index (χ2v) is 5.50. The Kier molecular flexibility index (Phi) is 6.10. The van der Waals surface area contributed by atoms with Crippen LogP contribution in [0.4, 0.5) is 5.69 Å². The van der Waals surface area contributed by atoms with E-state index in [1.54, 1.807) is 32.0 Å². The van der Waals surface area contributed by atoms with E-state index >= 15 is 0 Å². The maximum Gasteiger partial charge on any atom is 0.333 e. The van der Waals surface area contributed by atoms with Crippen LogP contribution in [0.25, 0.3) is 0 Å². The maximum absolute atomic E-state index is 12.0. The molecule has 0 radical (unpaired) electrons. The van der Waals surface area contributed by atoms with E-state index in [0.717, 1.165) is 10.2 Å². The number of carbonyl (C=O) groups is 1. The number of hydrogen-bond donors (Lipinski definition) is 1. The topological polar surface area (TPSA) is 47.6 Å². The zero-order valence-corrected chi connectivity index (χ0v) is 13.5. The summed E-state index contributed by atoms with van der Waals surface area (Å²) in [4.78, 5) is 12.0. The summed E-state index contributed by atoms with van der Waals surface area (Å²) in [6.07, 6.45) is 0. The van der Waals surface area contributed by atoms with Gasteiger partial charge in [-0.2, -0.15) is 0 Å². The monoisotopic (exact) mass is 349 g/mol. The standard InChI is InChI=1S/C13H17BrClNO3/c1-4-19-12(17)13(2,8-18-3)16-9-5-6-11(15)10(14)7-9/h5-7,16H,4,8H2,1-3H3. The summed E-state index contributed by atoms with van der Waals surface area (Å²) >= 11 is 9.28. The number of carbonyl (C=O) groups excluding carboxylic acids is 1. The van der Waals surface area contributed by atoms with Crippen molar-refractivity contribution in [1.29, 1.82) is 0 Å². The number of halogens is 2. The van der Waals surface area contributed by atoms with Crippen molar-refractivity contribution in [2.75, 3.05) is 25.6 Å². The third-order valence-electron chi connectivity index (χ3n) is 2.50. The predicted octanol–water partition coefficient (Wildman–Crippen LogP) is 3.48.